The quantitative estimate of drug-likeness (QED) is 0.718. The van der Waals surface area contributed by atoms with E-state index in [4.69, 9.17) is 11.6 Å². The Hall–Kier alpha value is -1.45. The summed E-state index contributed by atoms with van der Waals surface area (Å²) in [6.07, 6.45) is 0. The molecule has 0 aliphatic carbocycles. The lowest BCUT2D eigenvalue weighted by molar-refractivity contribution is -0.121. The van der Waals surface area contributed by atoms with Gasteiger partial charge in [0.25, 0.3) is 10.0 Å². The van der Waals surface area contributed by atoms with Crippen LogP contribution in [0.4, 0.5) is 0 Å². The molecule has 0 fully saturated rings. The molecule has 0 bridgehead atoms. The van der Waals surface area contributed by atoms with Gasteiger partial charge in [-0.15, -0.1) is 11.3 Å². The maximum absolute atomic E-state index is 12.4. The van der Waals surface area contributed by atoms with Gasteiger partial charge < -0.3 is 10.2 Å². The van der Waals surface area contributed by atoms with Gasteiger partial charge in [-0.25, -0.2) is 8.42 Å². The number of carbonyl (C=O) groups is 1. The third kappa shape index (κ3) is 5.28. The number of hydrogen-bond acceptors (Lipinski definition) is 5. The first-order valence-corrected chi connectivity index (χ1v) is 10.5. The topological polar surface area (TPSA) is 69.7 Å². The molecule has 1 aromatic carbocycles. The number of nitrogens with one attached hydrogen (secondary N) is 1. The Morgan fingerprint density at radius 2 is 1.81 bits per heavy atom. The molecule has 9 heteroatoms. The lowest BCUT2D eigenvalue weighted by Gasteiger charge is -2.25. The molecule has 0 saturated carbocycles. The summed E-state index contributed by atoms with van der Waals surface area (Å²) in [4.78, 5) is 14.2. The van der Waals surface area contributed by atoms with Gasteiger partial charge >= 0.3 is 0 Å². The SMILES string of the molecule is CN(C)C(CNC(=O)CN(C)S(=O)(=O)c1ccc(Cl)s1)c1ccccc1. The van der Waals surface area contributed by atoms with Crippen molar-refractivity contribution in [3.63, 3.8) is 0 Å². The van der Waals surface area contributed by atoms with Crippen molar-refractivity contribution in [2.24, 2.45) is 0 Å². The Kier molecular flexibility index (Phi) is 7.19. The Morgan fingerprint density at radius 3 is 2.35 bits per heavy atom. The molecule has 1 aromatic heterocycles. The number of rotatable bonds is 8. The number of halogens is 1. The molecule has 1 unspecified atom stereocenters. The van der Waals surface area contributed by atoms with Gasteiger partial charge in [0.15, 0.2) is 0 Å². The van der Waals surface area contributed by atoms with E-state index in [-0.39, 0.29) is 22.7 Å². The lowest BCUT2D eigenvalue weighted by atomic mass is 10.1. The maximum Gasteiger partial charge on any atom is 0.252 e. The van der Waals surface area contributed by atoms with Crippen molar-refractivity contribution in [1.82, 2.24) is 14.5 Å². The normalized spacial score (nSPS) is 13.2. The molecule has 142 valence electrons. The Morgan fingerprint density at radius 1 is 1.15 bits per heavy atom. The van der Waals surface area contributed by atoms with E-state index in [2.05, 4.69) is 5.32 Å². The number of carbonyl (C=O) groups excluding carboxylic acids is 1. The summed E-state index contributed by atoms with van der Waals surface area (Å²) in [5.74, 6) is -0.360. The predicted octanol–water partition coefficient (Wildman–Crippen LogP) is 2.44. The average Bonchev–Trinajstić information content (AvgIpc) is 3.03. The largest absolute Gasteiger partial charge is 0.353 e. The summed E-state index contributed by atoms with van der Waals surface area (Å²) in [6.45, 7) is 0.126. The van der Waals surface area contributed by atoms with E-state index in [9.17, 15) is 13.2 Å². The smallest absolute Gasteiger partial charge is 0.252 e. The second-order valence-electron chi connectivity index (χ2n) is 6.01. The second-order valence-corrected chi connectivity index (χ2v) is 10.0. The summed E-state index contributed by atoms with van der Waals surface area (Å²) in [5, 5.41) is 2.81. The molecule has 0 radical (unpaired) electrons. The van der Waals surface area contributed by atoms with Crippen molar-refractivity contribution < 1.29 is 13.2 Å². The van der Waals surface area contributed by atoms with Crippen LogP contribution in [0.1, 0.15) is 11.6 Å². The van der Waals surface area contributed by atoms with Crippen LogP contribution in [-0.4, -0.2) is 57.8 Å². The minimum Gasteiger partial charge on any atom is -0.353 e. The molecular weight excluding hydrogens is 394 g/mol. The number of hydrogen-bond donors (Lipinski definition) is 1. The van der Waals surface area contributed by atoms with E-state index < -0.39 is 10.0 Å². The Bertz CT molecular complexity index is 838. The fraction of sp³-hybridized carbons (Fsp3) is 0.353. The highest BCUT2D eigenvalue weighted by Gasteiger charge is 2.25. The van der Waals surface area contributed by atoms with Gasteiger partial charge in [-0.2, -0.15) is 4.31 Å². The van der Waals surface area contributed by atoms with Gasteiger partial charge in [-0.3, -0.25) is 4.79 Å². The van der Waals surface area contributed by atoms with Crippen LogP contribution >= 0.6 is 22.9 Å². The molecule has 0 spiro atoms. The Labute approximate surface area is 163 Å². The molecule has 2 aromatic rings. The van der Waals surface area contributed by atoms with E-state index >= 15 is 0 Å². The zero-order valence-corrected chi connectivity index (χ0v) is 17.2. The van der Waals surface area contributed by atoms with E-state index in [1.807, 2.05) is 49.3 Å². The van der Waals surface area contributed by atoms with E-state index in [1.54, 1.807) is 0 Å². The molecule has 2 rings (SSSR count). The number of likely N-dealkylation sites (N-methyl/N-ethyl adjacent to an activating group) is 2. The van der Waals surface area contributed by atoms with Crippen LogP contribution in [0.3, 0.4) is 0 Å². The molecule has 1 heterocycles. The maximum atomic E-state index is 12.4. The van der Waals surface area contributed by atoms with Gasteiger partial charge in [-0.1, -0.05) is 41.9 Å². The minimum absolute atomic E-state index is 0.00170. The standard InChI is InChI=1S/C17H22ClN3O3S2/c1-20(2)14(13-7-5-4-6-8-13)11-19-16(22)12-21(3)26(23,24)17-10-9-15(18)25-17/h4-10,14H,11-12H2,1-3H3,(H,19,22). The monoisotopic (exact) mass is 415 g/mol. The summed E-state index contributed by atoms with van der Waals surface area (Å²) >= 11 is 6.77. The van der Waals surface area contributed by atoms with Crippen LogP contribution in [0.25, 0.3) is 0 Å². The van der Waals surface area contributed by atoms with Gasteiger partial charge in [-0.05, 0) is 31.8 Å². The van der Waals surface area contributed by atoms with Crippen LogP contribution < -0.4 is 5.32 Å². The van der Waals surface area contributed by atoms with Crippen LogP contribution in [0.15, 0.2) is 46.7 Å². The molecule has 26 heavy (non-hydrogen) atoms. The molecule has 0 aliphatic heterocycles. The zero-order chi connectivity index (χ0) is 19.3. The van der Waals surface area contributed by atoms with E-state index in [1.165, 1.54) is 19.2 Å². The third-order valence-corrected chi connectivity index (χ3v) is 7.38. The molecule has 6 nitrogen and oxygen atoms in total. The van der Waals surface area contributed by atoms with Gasteiger partial charge in [0.05, 0.1) is 16.9 Å². The minimum atomic E-state index is -3.72. The van der Waals surface area contributed by atoms with E-state index in [0.717, 1.165) is 21.2 Å². The van der Waals surface area contributed by atoms with Crippen molar-refractivity contribution in [2.75, 3.05) is 34.2 Å². The van der Waals surface area contributed by atoms with Crippen molar-refractivity contribution in [3.05, 3.63) is 52.4 Å². The molecule has 1 atom stereocenters. The van der Waals surface area contributed by atoms with Crippen LogP contribution in [0.5, 0.6) is 0 Å². The van der Waals surface area contributed by atoms with Crippen molar-refractivity contribution >= 4 is 38.9 Å². The first-order valence-electron chi connectivity index (χ1n) is 7.91. The molecule has 1 amide bonds. The number of sulfonamides is 1. The van der Waals surface area contributed by atoms with Crippen LogP contribution in [-0.2, 0) is 14.8 Å². The molecular formula is C17H22ClN3O3S2. The zero-order valence-electron chi connectivity index (χ0n) is 14.8. The summed E-state index contributed by atoms with van der Waals surface area (Å²) < 4.78 is 26.4. The summed E-state index contributed by atoms with van der Waals surface area (Å²) in [6, 6.07) is 12.8. The Balaban J connectivity index is 1.97. The first kappa shape index (κ1) is 20.9. The van der Waals surface area contributed by atoms with Crippen LogP contribution in [0.2, 0.25) is 4.34 Å². The average molecular weight is 416 g/mol. The van der Waals surface area contributed by atoms with E-state index in [0.29, 0.717) is 10.9 Å². The third-order valence-electron chi connectivity index (χ3n) is 3.88. The van der Waals surface area contributed by atoms with Crippen LogP contribution in [0, 0.1) is 0 Å². The van der Waals surface area contributed by atoms with Crippen molar-refractivity contribution in [3.8, 4) is 0 Å². The van der Waals surface area contributed by atoms with Gasteiger partial charge in [0, 0.05) is 13.6 Å². The number of thiophene rings is 1. The lowest BCUT2D eigenvalue weighted by Crippen LogP contribution is -2.41. The van der Waals surface area contributed by atoms with Crippen molar-refractivity contribution in [1.29, 1.82) is 0 Å². The molecule has 0 saturated heterocycles. The number of amides is 1. The highest BCUT2D eigenvalue weighted by Crippen LogP contribution is 2.27. The number of nitrogens with zero attached hydrogens (tertiary/aromatic N) is 2. The fourth-order valence-corrected chi connectivity index (χ4v) is 5.24. The van der Waals surface area contributed by atoms with Crippen molar-refractivity contribution in [2.45, 2.75) is 10.3 Å². The van der Waals surface area contributed by atoms with Gasteiger partial charge in [0.1, 0.15) is 4.21 Å². The molecule has 0 aliphatic rings. The predicted molar refractivity (Wildman–Crippen MR) is 105 cm³/mol. The highest BCUT2D eigenvalue weighted by molar-refractivity contribution is 7.91. The first-order chi connectivity index (χ1) is 12.2. The number of benzene rings is 1. The molecule has 1 N–H and O–H groups in total. The second kappa shape index (κ2) is 8.96. The highest BCUT2D eigenvalue weighted by atomic mass is 35.5. The van der Waals surface area contributed by atoms with Gasteiger partial charge in [0.2, 0.25) is 5.91 Å². The fourth-order valence-electron chi connectivity index (χ4n) is 2.42. The summed E-state index contributed by atoms with van der Waals surface area (Å²) in [5.41, 5.74) is 1.08. The summed E-state index contributed by atoms with van der Waals surface area (Å²) in [7, 11) is 1.52.